The Hall–Kier alpha value is -1.41. The van der Waals surface area contributed by atoms with Crippen molar-refractivity contribution in [2.75, 3.05) is 25.9 Å². The van der Waals surface area contributed by atoms with Crippen LogP contribution in [0.5, 0.6) is 0 Å². The molecule has 8 heteroatoms. The van der Waals surface area contributed by atoms with Crippen molar-refractivity contribution >= 4 is 15.9 Å². The third-order valence-electron chi connectivity index (χ3n) is 5.38. The van der Waals surface area contributed by atoms with Crippen LogP contribution in [0.4, 0.5) is 0 Å². The van der Waals surface area contributed by atoms with E-state index in [1.807, 2.05) is 17.9 Å². The summed E-state index contributed by atoms with van der Waals surface area (Å²) >= 11 is 0. The summed E-state index contributed by atoms with van der Waals surface area (Å²) in [6, 6.07) is 1.86. The van der Waals surface area contributed by atoms with Gasteiger partial charge in [-0.25, -0.2) is 8.42 Å². The Kier molecular flexibility index (Phi) is 5.44. The maximum Gasteiger partial charge on any atom is 0.272 e. The van der Waals surface area contributed by atoms with Gasteiger partial charge in [0.05, 0.1) is 11.9 Å². The molecule has 0 spiro atoms. The summed E-state index contributed by atoms with van der Waals surface area (Å²) in [6.45, 7) is 8.47. The van der Waals surface area contributed by atoms with Gasteiger partial charge in [0.25, 0.3) is 5.91 Å². The third-order valence-corrected chi connectivity index (χ3v) is 6.61. The highest BCUT2D eigenvalue weighted by molar-refractivity contribution is 7.88. The Labute approximate surface area is 156 Å². The van der Waals surface area contributed by atoms with Gasteiger partial charge in [-0.1, -0.05) is 13.8 Å². The molecule has 4 heterocycles. The maximum absolute atomic E-state index is 13.3. The van der Waals surface area contributed by atoms with Crippen LogP contribution in [-0.2, 0) is 23.0 Å². The number of aromatic nitrogens is 2. The molecular formula is C18H30N4O3S. The van der Waals surface area contributed by atoms with Crippen LogP contribution >= 0.6 is 0 Å². The molecule has 7 nitrogen and oxygen atoms in total. The molecule has 0 N–H and O–H groups in total. The summed E-state index contributed by atoms with van der Waals surface area (Å²) in [5.41, 5.74) is 1.57. The van der Waals surface area contributed by atoms with Crippen molar-refractivity contribution in [2.24, 2.45) is 11.8 Å². The summed E-state index contributed by atoms with van der Waals surface area (Å²) in [5, 5.41) is 4.59. The van der Waals surface area contributed by atoms with E-state index in [2.05, 4.69) is 18.9 Å². The van der Waals surface area contributed by atoms with Crippen molar-refractivity contribution < 1.29 is 13.2 Å². The minimum Gasteiger partial charge on any atom is -0.333 e. The van der Waals surface area contributed by atoms with Crippen molar-refractivity contribution in [2.45, 2.75) is 52.6 Å². The number of hydrogen-bond acceptors (Lipinski definition) is 4. The highest BCUT2D eigenvalue weighted by Gasteiger charge is 2.40. The second kappa shape index (κ2) is 7.31. The summed E-state index contributed by atoms with van der Waals surface area (Å²) in [4.78, 5) is 15.2. The maximum atomic E-state index is 13.3. The Balaban J connectivity index is 1.85. The molecular weight excluding hydrogens is 352 g/mol. The number of hydrogen-bond donors (Lipinski definition) is 0. The van der Waals surface area contributed by atoms with Crippen molar-refractivity contribution in [1.82, 2.24) is 19.0 Å². The molecule has 26 heavy (non-hydrogen) atoms. The Morgan fingerprint density at radius 2 is 2.00 bits per heavy atom. The Morgan fingerprint density at radius 1 is 1.27 bits per heavy atom. The van der Waals surface area contributed by atoms with E-state index in [1.165, 1.54) is 6.26 Å². The van der Waals surface area contributed by atoms with Gasteiger partial charge in [-0.2, -0.15) is 9.40 Å². The van der Waals surface area contributed by atoms with Crippen molar-refractivity contribution in [3.63, 3.8) is 0 Å². The number of aryl methyl sites for hydroxylation is 1. The molecule has 0 saturated carbocycles. The Bertz CT molecular complexity index is 771. The fraction of sp³-hybridized carbons (Fsp3) is 0.778. The van der Waals surface area contributed by atoms with Gasteiger partial charge < -0.3 is 4.90 Å². The summed E-state index contributed by atoms with van der Waals surface area (Å²) in [6.07, 6.45) is 3.95. The number of rotatable bonds is 5. The lowest BCUT2D eigenvalue weighted by atomic mass is 9.94. The molecule has 3 aliphatic rings. The van der Waals surface area contributed by atoms with E-state index >= 15 is 0 Å². The molecule has 0 radical (unpaired) electrons. The minimum absolute atomic E-state index is 0.0144. The monoisotopic (exact) mass is 382 g/mol. The average Bonchev–Trinajstić information content (AvgIpc) is 2.73. The van der Waals surface area contributed by atoms with E-state index in [4.69, 9.17) is 0 Å². The number of carbonyl (C=O) groups excluding carboxylic acids is 1. The van der Waals surface area contributed by atoms with E-state index in [9.17, 15) is 13.2 Å². The van der Waals surface area contributed by atoms with Crippen LogP contribution in [-0.4, -0.2) is 65.2 Å². The number of piperidine rings is 1. The average molecular weight is 383 g/mol. The molecule has 2 atom stereocenters. The third kappa shape index (κ3) is 3.96. The number of amides is 1. The minimum atomic E-state index is -3.23. The molecule has 2 bridgehead atoms. The molecule has 1 aromatic heterocycles. The fourth-order valence-corrected chi connectivity index (χ4v) is 5.03. The van der Waals surface area contributed by atoms with Crippen LogP contribution in [0, 0.1) is 11.8 Å². The van der Waals surface area contributed by atoms with Crippen molar-refractivity contribution in [3.8, 4) is 0 Å². The summed E-state index contributed by atoms with van der Waals surface area (Å²) in [5.74, 6) is 0.677. The lowest BCUT2D eigenvalue weighted by molar-refractivity contribution is 0.0576. The van der Waals surface area contributed by atoms with Gasteiger partial charge in [-0.15, -0.1) is 0 Å². The van der Waals surface area contributed by atoms with E-state index in [1.54, 1.807) is 8.99 Å². The fourth-order valence-electron chi connectivity index (χ4n) is 4.11. The van der Waals surface area contributed by atoms with E-state index in [0.29, 0.717) is 37.8 Å². The zero-order valence-electron chi connectivity index (χ0n) is 16.2. The molecule has 3 fully saturated rings. The van der Waals surface area contributed by atoms with E-state index in [-0.39, 0.29) is 17.9 Å². The Morgan fingerprint density at radius 3 is 2.62 bits per heavy atom. The smallest absolute Gasteiger partial charge is 0.272 e. The van der Waals surface area contributed by atoms with Gasteiger partial charge >= 0.3 is 0 Å². The lowest BCUT2D eigenvalue weighted by Gasteiger charge is -2.36. The van der Waals surface area contributed by atoms with Crippen molar-refractivity contribution in [3.05, 3.63) is 17.5 Å². The van der Waals surface area contributed by atoms with Crippen LogP contribution < -0.4 is 0 Å². The zero-order valence-corrected chi connectivity index (χ0v) is 17.0. The predicted molar refractivity (Wildman–Crippen MR) is 100 cm³/mol. The summed E-state index contributed by atoms with van der Waals surface area (Å²) < 4.78 is 27.4. The first-order valence-electron chi connectivity index (χ1n) is 9.51. The lowest BCUT2D eigenvalue weighted by Crippen LogP contribution is -2.48. The SMILES string of the molecule is CCn1nc(CC(C)C)cc1C(=O)N1C[C@H]2CC[C@@H]1CN(S(C)(=O)=O)C2. The molecule has 3 saturated heterocycles. The summed E-state index contributed by atoms with van der Waals surface area (Å²) in [7, 11) is -3.23. The molecule has 0 unspecified atom stereocenters. The first-order valence-corrected chi connectivity index (χ1v) is 11.4. The predicted octanol–water partition coefficient (Wildman–Crippen LogP) is 1.60. The standard InChI is InChI=1S/C18H30N4O3S/c1-5-22-17(9-15(19-22)8-13(2)3)18(23)21-11-14-6-7-16(21)12-20(10-14)26(4,24)25/h9,13-14,16H,5-8,10-12H2,1-4H3/t14-,16+/m0/s1. The molecule has 0 aromatic carbocycles. The van der Waals surface area contributed by atoms with Gasteiger partial charge in [0, 0.05) is 32.2 Å². The van der Waals surface area contributed by atoms with E-state index in [0.717, 1.165) is 25.0 Å². The molecule has 0 aliphatic carbocycles. The number of nitrogens with zero attached hydrogens (tertiary/aromatic N) is 4. The van der Waals surface area contributed by atoms with Gasteiger partial charge in [0.15, 0.2) is 0 Å². The first kappa shape index (κ1) is 19.4. The van der Waals surface area contributed by atoms with Gasteiger partial charge in [0.1, 0.15) is 5.69 Å². The second-order valence-electron chi connectivity index (χ2n) is 8.07. The van der Waals surface area contributed by atoms with Gasteiger partial charge in [0.2, 0.25) is 10.0 Å². The van der Waals surface area contributed by atoms with Gasteiger partial charge in [-0.3, -0.25) is 9.48 Å². The van der Waals surface area contributed by atoms with Crippen LogP contribution in [0.25, 0.3) is 0 Å². The number of fused-ring (bicyclic) bond motifs is 4. The number of sulfonamides is 1. The molecule has 146 valence electrons. The topological polar surface area (TPSA) is 75.5 Å². The van der Waals surface area contributed by atoms with Crippen LogP contribution in [0.2, 0.25) is 0 Å². The van der Waals surface area contributed by atoms with Crippen molar-refractivity contribution in [1.29, 1.82) is 0 Å². The van der Waals surface area contributed by atoms with Gasteiger partial charge in [-0.05, 0) is 44.1 Å². The van der Waals surface area contributed by atoms with Crippen LogP contribution in [0.3, 0.4) is 0 Å². The largest absolute Gasteiger partial charge is 0.333 e. The molecule has 1 aromatic rings. The van der Waals surface area contributed by atoms with E-state index < -0.39 is 10.0 Å². The molecule has 1 amide bonds. The quantitative estimate of drug-likeness (QED) is 0.775. The highest BCUT2D eigenvalue weighted by atomic mass is 32.2. The molecule has 3 aliphatic heterocycles. The first-order chi connectivity index (χ1) is 12.2. The second-order valence-corrected chi connectivity index (χ2v) is 10.1. The van der Waals surface area contributed by atoms with Crippen LogP contribution in [0.15, 0.2) is 6.07 Å². The molecule has 4 rings (SSSR count). The zero-order chi connectivity index (χ0) is 19.1. The normalized spacial score (nSPS) is 24.3. The highest BCUT2D eigenvalue weighted by Crippen LogP contribution is 2.30. The number of carbonyl (C=O) groups is 1. The van der Waals surface area contributed by atoms with Crippen LogP contribution in [0.1, 0.15) is 49.8 Å².